The number of carbonyl (C=O) groups is 1. The molecule has 25 heavy (non-hydrogen) atoms. The Bertz CT molecular complexity index is 793. The summed E-state index contributed by atoms with van der Waals surface area (Å²) in [4.78, 5) is 27.9. The lowest BCUT2D eigenvalue weighted by Gasteiger charge is -2.34. The summed E-state index contributed by atoms with van der Waals surface area (Å²) in [5, 5.41) is 0. The van der Waals surface area contributed by atoms with Gasteiger partial charge >= 0.3 is 0 Å². The number of nitrogens with zero attached hydrogens (tertiary/aromatic N) is 4. The average Bonchev–Trinajstić information content (AvgIpc) is 3.06. The summed E-state index contributed by atoms with van der Waals surface area (Å²) in [6, 6.07) is 3.85. The van der Waals surface area contributed by atoms with Gasteiger partial charge in [0, 0.05) is 48.7 Å². The molecule has 1 spiro atoms. The van der Waals surface area contributed by atoms with Crippen molar-refractivity contribution in [2.75, 3.05) is 19.7 Å². The van der Waals surface area contributed by atoms with E-state index in [0.717, 1.165) is 29.8 Å². The van der Waals surface area contributed by atoms with Gasteiger partial charge in [-0.1, -0.05) is 13.8 Å². The average molecular weight is 338 g/mol. The summed E-state index contributed by atoms with van der Waals surface area (Å²) in [6.45, 7) is 6.45. The van der Waals surface area contributed by atoms with Gasteiger partial charge in [0.05, 0.1) is 24.3 Å². The van der Waals surface area contributed by atoms with E-state index in [1.807, 2.05) is 37.1 Å². The van der Waals surface area contributed by atoms with Gasteiger partial charge in [-0.2, -0.15) is 0 Å². The van der Waals surface area contributed by atoms with E-state index in [1.54, 1.807) is 12.4 Å². The van der Waals surface area contributed by atoms with Crippen molar-refractivity contribution in [3.8, 4) is 11.4 Å². The molecule has 6 heteroatoms. The number of ether oxygens (including phenoxy) is 1. The van der Waals surface area contributed by atoms with Crippen LogP contribution in [0.4, 0.5) is 0 Å². The summed E-state index contributed by atoms with van der Waals surface area (Å²) < 4.78 is 5.84. The Hall–Kier alpha value is -2.34. The molecular weight excluding hydrogens is 316 g/mol. The van der Waals surface area contributed by atoms with Gasteiger partial charge in [-0.25, -0.2) is 9.97 Å². The summed E-state index contributed by atoms with van der Waals surface area (Å²) in [5.74, 6) is 0.891. The molecule has 130 valence electrons. The number of pyridine rings is 1. The molecule has 0 saturated carbocycles. The van der Waals surface area contributed by atoms with E-state index in [-0.39, 0.29) is 17.2 Å². The molecule has 4 heterocycles. The SMILES string of the molecule is CC(C)C(=O)N1CCC2(COCc3cnc(-c4cccnc4)nc32)C1. The first-order chi connectivity index (χ1) is 12.1. The molecule has 0 N–H and O–H groups in total. The van der Waals surface area contributed by atoms with E-state index in [1.165, 1.54) is 0 Å². The lowest BCUT2D eigenvalue weighted by molar-refractivity contribution is -0.133. The highest BCUT2D eigenvalue weighted by Gasteiger charge is 2.46. The first kappa shape index (κ1) is 16.1. The Morgan fingerprint density at radius 2 is 2.24 bits per heavy atom. The molecule has 0 radical (unpaired) electrons. The molecule has 1 unspecified atom stereocenters. The zero-order chi connectivity index (χ0) is 17.4. The van der Waals surface area contributed by atoms with E-state index < -0.39 is 0 Å². The van der Waals surface area contributed by atoms with Crippen molar-refractivity contribution in [3.05, 3.63) is 42.0 Å². The standard InChI is InChI=1S/C19H22N4O2/c1-13(2)18(24)23-7-5-19(11-23)12-25-10-15-9-21-17(22-16(15)19)14-4-3-6-20-8-14/h3-4,6,8-9,13H,5,7,10-12H2,1-2H3. The van der Waals surface area contributed by atoms with E-state index in [4.69, 9.17) is 9.72 Å². The van der Waals surface area contributed by atoms with Crippen molar-refractivity contribution in [3.63, 3.8) is 0 Å². The van der Waals surface area contributed by atoms with Crippen molar-refractivity contribution in [2.24, 2.45) is 5.92 Å². The highest BCUT2D eigenvalue weighted by Crippen LogP contribution is 2.39. The number of carbonyl (C=O) groups excluding carboxylic acids is 1. The van der Waals surface area contributed by atoms with Gasteiger partial charge in [-0.05, 0) is 18.6 Å². The highest BCUT2D eigenvalue weighted by atomic mass is 16.5. The van der Waals surface area contributed by atoms with Crippen LogP contribution in [0.5, 0.6) is 0 Å². The Morgan fingerprint density at radius 3 is 3.00 bits per heavy atom. The number of fused-ring (bicyclic) bond motifs is 2. The number of hydrogen-bond acceptors (Lipinski definition) is 5. The number of likely N-dealkylation sites (tertiary alicyclic amines) is 1. The van der Waals surface area contributed by atoms with Crippen LogP contribution in [0.2, 0.25) is 0 Å². The van der Waals surface area contributed by atoms with E-state index >= 15 is 0 Å². The molecule has 2 aromatic rings. The summed E-state index contributed by atoms with van der Waals surface area (Å²) in [7, 11) is 0. The minimum absolute atomic E-state index is 0.00971. The molecule has 2 aromatic heterocycles. The summed E-state index contributed by atoms with van der Waals surface area (Å²) >= 11 is 0. The van der Waals surface area contributed by atoms with Crippen LogP contribution in [-0.4, -0.2) is 45.5 Å². The van der Waals surface area contributed by atoms with Crippen molar-refractivity contribution in [1.82, 2.24) is 19.9 Å². The van der Waals surface area contributed by atoms with Gasteiger partial charge in [-0.3, -0.25) is 9.78 Å². The van der Waals surface area contributed by atoms with Crippen LogP contribution < -0.4 is 0 Å². The number of aromatic nitrogens is 3. The van der Waals surface area contributed by atoms with Crippen molar-refractivity contribution < 1.29 is 9.53 Å². The molecule has 1 saturated heterocycles. The minimum atomic E-state index is -0.224. The Kier molecular flexibility index (Phi) is 4.00. The molecule has 2 aliphatic rings. The quantitative estimate of drug-likeness (QED) is 0.840. The first-order valence-corrected chi connectivity index (χ1v) is 8.72. The number of rotatable bonds is 2. The molecule has 1 atom stereocenters. The minimum Gasteiger partial charge on any atom is -0.376 e. The van der Waals surface area contributed by atoms with Crippen LogP contribution in [0, 0.1) is 5.92 Å². The lowest BCUT2D eigenvalue weighted by Crippen LogP contribution is -2.42. The van der Waals surface area contributed by atoms with E-state index in [2.05, 4.69) is 9.97 Å². The third kappa shape index (κ3) is 2.80. The van der Waals surface area contributed by atoms with Crippen LogP contribution in [0.15, 0.2) is 30.7 Å². The van der Waals surface area contributed by atoms with Crippen LogP contribution in [0.25, 0.3) is 11.4 Å². The van der Waals surface area contributed by atoms with Crippen LogP contribution in [0.3, 0.4) is 0 Å². The zero-order valence-electron chi connectivity index (χ0n) is 14.6. The molecule has 1 amide bonds. The molecule has 0 aliphatic carbocycles. The molecule has 0 aromatic carbocycles. The van der Waals surface area contributed by atoms with E-state index in [9.17, 15) is 4.79 Å². The third-order valence-corrected chi connectivity index (χ3v) is 5.08. The van der Waals surface area contributed by atoms with Gasteiger partial charge in [0.1, 0.15) is 0 Å². The normalized spacial score (nSPS) is 22.4. The molecule has 2 aliphatic heterocycles. The Morgan fingerprint density at radius 1 is 1.36 bits per heavy atom. The maximum absolute atomic E-state index is 12.4. The van der Waals surface area contributed by atoms with Crippen molar-refractivity contribution in [1.29, 1.82) is 0 Å². The molecule has 1 fully saturated rings. The molecule has 0 bridgehead atoms. The van der Waals surface area contributed by atoms with Crippen molar-refractivity contribution >= 4 is 5.91 Å². The predicted molar refractivity (Wildman–Crippen MR) is 92.6 cm³/mol. The highest BCUT2D eigenvalue weighted by molar-refractivity contribution is 5.78. The van der Waals surface area contributed by atoms with Gasteiger partial charge in [-0.15, -0.1) is 0 Å². The summed E-state index contributed by atoms with van der Waals surface area (Å²) in [5.41, 5.74) is 2.74. The molecular formula is C19H22N4O2. The third-order valence-electron chi connectivity index (χ3n) is 5.08. The second kappa shape index (κ2) is 6.19. The number of amides is 1. The van der Waals surface area contributed by atoms with E-state index in [0.29, 0.717) is 25.6 Å². The zero-order valence-corrected chi connectivity index (χ0v) is 14.6. The maximum Gasteiger partial charge on any atom is 0.225 e. The van der Waals surface area contributed by atoms with Crippen LogP contribution >= 0.6 is 0 Å². The summed E-state index contributed by atoms with van der Waals surface area (Å²) in [6.07, 6.45) is 6.25. The Balaban J connectivity index is 1.71. The largest absolute Gasteiger partial charge is 0.376 e. The fraction of sp³-hybridized carbons (Fsp3) is 0.474. The first-order valence-electron chi connectivity index (χ1n) is 8.72. The van der Waals surface area contributed by atoms with Crippen molar-refractivity contribution in [2.45, 2.75) is 32.3 Å². The molecule has 6 nitrogen and oxygen atoms in total. The topological polar surface area (TPSA) is 68.2 Å². The fourth-order valence-electron chi connectivity index (χ4n) is 3.77. The van der Waals surface area contributed by atoms with Gasteiger partial charge in [0.15, 0.2) is 5.82 Å². The van der Waals surface area contributed by atoms with Crippen LogP contribution in [-0.2, 0) is 21.6 Å². The smallest absolute Gasteiger partial charge is 0.225 e. The second-order valence-electron chi connectivity index (χ2n) is 7.25. The fourth-order valence-corrected chi connectivity index (χ4v) is 3.77. The second-order valence-corrected chi connectivity index (χ2v) is 7.25. The van der Waals surface area contributed by atoms with Gasteiger partial charge < -0.3 is 9.64 Å². The predicted octanol–water partition coefficient (Wildman–Crippen LogP) is 2.19. The van der Waals surface area contributed by atoms with Gasteiger partial charge in [0.25, 0.3) is 0 Å². The monoisotopic (exact) mass is 338 g/mol. The lowest BCUT2D eigenvalue weighted by atomic mass is 9.80. The Labute approximate surface area is 147 Å². The van der Waals surface area contributed by atoms with Crippen LogP contribution in [0.1, 0.15) is 31.5 Å². The molecule has 4 rings (SSSR count). The number of hydrogen-bond donors (Lipinski definition) is 0. The van der Waals surface area contributed by atoms with Gasteiger partial charge in [0.2, 0.25) is 5.91 Å². The maximum atomic E-state index is 12.4.